The highest BCUT2D eigenvalue weighted by Gasteiger charge is 2.26. The maximum atomic E-state index is 12.4. The summed E-state index contributed by atoms with van der Waals surface area (Å²) in [5.41, 5.74) is 1.66. The van der Waals surface area contributed by atoms with Gasteiger partial charge in [0.25, 0.3) is 0 Å². The lowest BCUT2D eigenvalue weighted by Crippen LogP contribution is -2.41. The smallest absolute Gasteiger partial charge is 0.244 e. The molecule has 1 N–H and O–H groups in total. The number of thioether (sulfide) groups is 1. The number of hydrogen-bond donors (Lipinski definition) is 1. The molecule has 0 atom stereocenters. The molecule has 2 aromatic carbocycles. The van der Waals surface area contributed by atoms with Gasteiger partial charge in [0.15, 0.2) is 5.78 Å². The summed E-state index contributed by atoms with van der Waals surface area (Å²) in [4.78, 5) is 38.7. The number of carbonyl (C=O) groups is 3. The summed E-state index contributed by atoms with van der Waals surface area (Å²) in [6, 6.07) is 14.3. The molecule has 0 radical (unpaired) electrons. The summed E-state index contributed by atoms with van der Waals surface area (Å²) in [6.45, 7) is 1.37. The van der Waals surface area contributed by atoms with Gasteiger partial charge in [-0.15, -0.1) is 11.8 Å². The third-order valence-electron chi connectivity index (χ3n) is 3.69. The van der Waals surface area contributed by atoms with E-state index in [4.69, 9.17) is 0 Å². The van der Waals surface area contributed by atoms with Crippen LogP contribution in [0.5, 0.6) is 0 Å². The van der Waals surface area contributed by atoms with E-state index in [0.717, 1.165) is 10.6 Å². The fraction of sp³-hybridized carbons (Fsp3) is 0.167. The van der Waals surface area contributed by atoms with E-state index in [9.17, 15) is 14.4 Å². The van der Waals surface area contributed by atoms with Crippen molar-refractivity contribution in [1.29, 1.82) is 0 Å². The van der Waals surface area contributed by atoms with Gasteiger partial charge >= 0.3 is 0 Å². The number of Topliss-reactive ketones (excluding diaryl/α,β-unsaturated/α-hetero) is 1. The number of amides is 2. The summed E-state index contributed by atoms with van der Waals surface area (Å²) in [6.07, 6.45) is 0. The summed E-state index contributed by atoms with van der Waals surface area (Å²) in [5, 5.41) is 2.73. The molecule has 0 fully saturated rings. The number of ketones is 1. The first-order chi connectivity index (χ1) is 11.6. The molecule has 1 aliphatic heterocycles. The van der Waals surface area contributed by atoms with Gasteiger partial charge in [0.2, 0.25) is 11.8 Å². The minimum atomic E-state index is -0.334. The predicted molar refractivity (Wildman–Crippen MR) is 94.6 cm³/mol. The molecule has 3 rings (SSSR count). The first-order valence-electron chi connectivity index (χ1n) is 7.48. The van der Waals surface area contributed by atoms with Crippen LogP contribution in [0.4, 0.5) is 11.4 Å². The molecule has 0 spiro atoms. The second kappa shape index (κ2) is 6.88. The number of fused-ring (bicyclic) bond motifs is 1. The molecule has 0 unspecified atom stereocenters. The molecule has 122 valence electrons. The zero-order valence-electron chi connectivity index (χ0n) is 13.1. The van der Waals surface area contributed by atoms with Crippen LogP contribution in [0.15, 0.2) is 53.4 Å². The second-order valence-corrected chi connectivity index (χ2v) is 6.40. The molecular formula is C18H16N2O3S. The van der Waals surface area contributed by atoms with Gasteiger partial charge in [0, 0.05) is 10.5 Å². The molecule has 0 saturated carbocycles. The van der Waals surface area contributed by atoms with Gasteiger partial charge in [0.1, 0.15) is 6.54 Å². The standard InChI is InChI=1S/C18H16N2O3S/c1-12(21)13-6-2-3-7-14(13)19-17(22)10-20-15-8-4-5-9-16(15)24-11-18(20)23/h2-9H,10-11H2,1H3,(H,19,22). The van der Waals surface area contributed by atoms with E-state index in [1.807, 2.05) is 24.3 Å². The van der Waals surface area contributed by atoms with Crippen molar-refractivity contribution in [3.8, 4) is 0 Å². The Kier molecular flexibility index (Phi) is 4.66. The summed E-state index contributed by atoms with van der Waals surface area (Å²) >= 11 is 1.47. The first kappa shape index (κ1) is 16.3. The number of benzene rings is 2. The zero-order chi connectivity index (χ0) is 17.1. The number of nitrogens with one attached hydrogen (secondary N) is 1. The van der Waals surface area contributed by atoms with E-state index in [-0.39, 0.29) is 24.1 Å². The minimum absolute atomic E-state index is 0.0807. The Morgan fingerprint density at radius 3 is 2.62 bits per heavy atom. The Bertz CT molecular complexity index is 819. The molecular weight excluding hydrogens is 324 g/mol. The number of nitrogens with zero attached hydrogens (tertiary/aromatic N) is 1. The van der Waals surface area contributed by atoms with Gasteiger partial charge in [0.05, 0.1) is 17.1 Å². The number of para-hydroxylation sites is 2. The van der Waals surface area contributed by atoms with E-state index in [0.29, 0.717) is 17.0 Å². The highest BCUT2D eigenvalue weighted by Crippen LogP contribution is 2.34. The average molecular weight is 340 g/mol. The number of carbonyl (C=O) groups excluding carboxylic acids is 3. The third-order valence-corrected chi connectivity index (χ3v) is 4.74. The quantitative estimate of drug-likeness (QED) is 0.869. The Hall–Kier alpha value is -2.60. The maximum absolute atomic E-state index is 12.4. The van der Waals surface area contributed by atoms with Crippen LogP contribution in [0.25, 0.3) is 0 Å². The molecule has 24 heavy (non-hydrogen) atoms. The Morgan fingerprint density at radius 2 is 1.83 bits per heavy atom. The molecule has 1 heterocycles. The minimum Gasteiger partial charge on any atom is -0.324 e. The van der Waals surface area contributed by atoms with E-state index in [1.165, 1.54) is 23.6 Å². The lowest BCUT2D eigenvalue weighted by atomic mass is 10.1. The van der Waals surface area contributed by atoms with Crippen LogP contribution in [0.1, 0.15) is 17.3 Å². The Balaban J connectivity index is 1.79. The summed E-state index contributed by atoms with van der Waals surface area (Å²) in [7, 11) is 0. The van der Waals surface area contributed by atoms with Gasteiger partial charge in [-0.05, 0) is 31.2 Å². The highest BCUT2D eigenvalue weighted by molar-refractivity contribution is 8.00. The largest absolute Gasteiger partial charge is 0.324 e. The van der Waals surface area contributed by atoms with Crippen molar-refractivity contribution in [3.63, 3.8) is 0 Å². The predicted octanol–water partition coefficient (Wildman–Crippen LogP) is 2.97. The molecule has 0 aliphatic carbocycles. The number of anilines is 2. The molecule has 0 bridgehead atoms. The monoisotopic (exact) mass is 340 g/mol. The van der Waals surface area contributed by atoms with Crippen LogP contribution in [-0.2, 0) is 9.59 Å². The van der Waals surface area contributed by atoms with Crippen LogP contribution < -0.4 is 10.2 Å². The van der Waals surface area contributed by atoms with Crippen molar-refractivity contribution in [3.05, 3.63) is 54.1 Å². The van der Waals surface area contributed by atoms with Crippen molar-refractivity contribution in [2.45, 2.75) is 11.8 Å². The molecule has 5 nitrogen and oxygen atoms in total. The van der Waals surface area contributed by atoms with E-state index in [2.05, 4.69) is 5.32 Å². The van der Waals surface area contributed by atoms with Gasteiger partial charge in [-0.1, -0.05) is 24.3 Å². The summed E-state index contributed by atoms with van der Waals surface area (Å²) in [5.74, 6) is -0.247. The molecule has 2 aromatic rings. The molecule has 0 aromatic heterocycles. The van der Waals surface area contributed by atoms with E-state index < -0.39 is 0 Å². The number of rotatable bonds is 4. The maximum Gasteiger partial charge on any atom is 0.244 e. The summed E-state index contributed by atoms with van der Waals surface area (Å²) < 4.78 is 0. The average Bonchev–Trinajstić information content (AvgIpc) is 2.58. The second-order valence-electron chi connectivity index (χ2n) is 5.39. The fourth-order valence-electron chi connectivity index (χ4n) is 2.56. The Labute approximate surface area is 144 Å². The van der Waals surface area contributed by atoms with Gasteiger partial charge < -0.3 is 10.2 Å². The first-order valence-corrected chi connectivity index (χ1v) is 8.47. The lowest BCUT2D eigenvalue weighted by Gasteiger charge is -2.28. The van der Waals surface area contributed by atoms with E-state index in [1.54, 1.807) is 24.3 Å². The zero-order valence-corrected chi connectivity index (χ0v) is 13.9. The Morgan fingerprint density at radius 1 is 1.12 bits per heavy atom. The molecule has 2 amide bonds. The third kappa shape index (κ3) is 3.33. The van der Waals surface area contributed by atoms with Crippen LogP contribution in [0, 0.1) is 0 Å². The van der Waals surface area contributed by atoms with Crippen LogP contribution in [0.3, 0.4) is 0 Å². The van der Waals surface area contributed by atoms with Crippen molar-refractivity contribution >= 4 is 40.7 Å². The molecule has 6 heteroatoms. The van der Waals surface area contributed by atoms with E-state index >= 15 is 0 Å². The van der Waals surface area contributed by atoms with Gasteiger partial charge in [-0.3, -0.25) is 14.4 Å². The van der Waals surface area contributed by atoms with Crippen molar-refractivity contribution in [2.24, 2.45) is 0 Å². The lowest BCUT2D eigenvalue weighted by molar-refractivity contribution is -0.120. The highest BCUT2D eigenvalue weighted by atomic mass is 32.2. The molecule has 1 aliphatic rings. The SMILES string of the molecule is CC(=O)c1ccccc1NC(=O)CN1C(=O)CSc2ccccc21. The van der Waals surface area contributed by atoms with Crippen molar-refractivity contribution < 1.29 is 14.4 Å². The fourth-order valence-corrected chi connectivity index (χ4v) is 3.50. The van der Waals surface area contributed by atoms with Crippen molar-refractivity contribution in [1.82, 2.24) is 0 Å². The van der Waals surface area contributed by atoms with Crippen molar-refractivity contribution in [2.75, 3.05) is 22.5 Å². The number of hydrogen-bond acceptors (Lipinski definition) is 4. The normalized spacial score (nSPS) is 13.4. The van der Waals surface area contributed by atoms with Gasteiger partial charge in [-0.25, -0.2) is 0 Å². The van der Waals surface area contributed by atoms with Crippen LogP contribution in [-0.4, -0.2) is 29.9 Å². The van der Waals surface area contributed by atoms with Crippen LogP contribution in [0.2, 0.25) is 0 Å². The topological polar surface area (TPSA) is 66.5 Å². The van der Waals surface area contributed by atoms with Gasteiger partial charge in [-0.2, -0.15) is 0 Å². The van der Waals surface area contributed by atoms with Crippen LogP contribution >= 0.6 is 11.8 Å². The molecule has 0 saturated heterocycles.